The van der Waals surface area contributed by atoms with E-state index in [1.165, 1.54) is 12.1 Å². The van der Waals surface area contributed by atoms with Crippen molar-refractivity contribution in [1.82, 2.24) is 0 Å². The molecule has 1 aromatic carbocycles. The van der Waals surface area contributed by atoms with E-state index in [9.17, 15) is 9.50 Å². The number of benzene rings is 1. The Morgan fingerprint density at radius 2 is 2.06 bits per heavy atom. The summed E-state index contributed by atoms with van der Waals surface area (Å²) in [7, 11) is 0. The molecular formula is C12H10ClFOS. The first-order chi connectivity index (χ1) is 7.58. The monoisotopic (exact) mass is 256 g/mol. The molecule has 0 aliphatic heterocycles. The van der Waals surface area contributed by atoms with Gasteiger partial charge >= 0.3 is 0 Å². The molecule has 1 heterocycles. The molecule has 1 N–H and O–H groups in total. The van der Waals surface area contributed by atoms with Crippen LogP contribution in [0.2, 0.25) is 5.02 Å². The first-order valence-electron chi connectivity index (χ1n) is 4.76. The van der Waals surface area contributed by atoms with Gasteiger partial charge in [-0.2, -0.15) is 0 Å². The van der Waals surface area contributed by atoms with Gasteiger partial charge in [-0.3, -0.25) is 0 Å². The minimum atomic E-state index is -0.747. The lowest BCUT2D eigenvalue weighted by Crippen LogP contribution is -1.98. The molecule has 0 bridgehead atoms. The van der Waals surface area contributed by atoms with Gasteiger partial charge in [0.05, 0.1) is 5.02 Å². The first-order valence-corrected chi connectivity index (χ1v) is 6.02. The lowest BCUT2D eigenvalue weighted by atomic mass is 10.0. The Morgan fingerprint density at radius 1 is 1.31 bits per heavy atom. The van der Waals surface area contributed by atoms with Gasteiger partial charge in [-0.15, -0.1) is 11.3 Å². The predicted octanol–water partition coefficient (Wildman–Crippen LogP) is 3.93. The summed E-state index contributed by atoms with van der Waals surface area (Å²) < 4.78 is 13.0. The minimum absolute atomic E-state index is 0.0310. The van der Waals surface area contributed by atoms with E-state index in [-0.39, 0.29) is 5.02 Å². The molecule has 0 saturated heterocycles. The lowest BCUT2D eigenvalue weighted by Gasteiger charge is -2.09. The molecule has 0 radical (unpaired) electrons. The van der Waals surface area contributed by atoms with E-state index in [1.807, 2.05) is 18.4 Å². The smallest absolute Gasteiger partial charge is 0.141 e. The van der Waals surface area contributed by atoms with Gasteiger partial charge in [0, 0.05) is 4.88 Å². The van der Waals surface area contributed by atoms with Gasteiger partial charge < -0.3 is 5.11 Å². The van der Waals surface area contributed by atoms with Crippen molar-refractivity contribution in [3.8, 4) is 0 Å². The highest BCUT2D eigenvalue weighted by Gasteiger charge is 2.13. The molecule has 84 valence electrons. The van der Waals surface area contributed by atoms with Crippen LogP contribution < -0.4 is 0 Å². The summed E-state index contributed by atoms with van der Waals surface area (Å²) in [6, 6.07) is 6.17. The Morgan fingerprint density at radius 3 is 2.62 bits per heavy atom. The molecule has 1 unspecified atom stereocenters. The van der Waals surface area contributed by atoms with Crippen LogP contribution in [0.25, 0.3) is 0 Å². The van der Waals surface area contributed by atoms with Crippen molar-refractivity contribution >= 4 is 22.9 Å². The zero-order chi connectivity index (χ0) is 11.7. The first kappa shape index (κ1) is 11.6. The third-order valence-electron chi connectivity index (χ3n) is 2.33. The van der Waals surface area contributed by atoms with Gasteiger partial charge in [0.1, 0.15) is 11.9 Å². The summed E-state index contributed by atoms with van der Waals surface area (Å²) in [5.41, 5.74) is 1.41. The fraction of sp³-hybridized carbons (Fsp3) is 0.167. The SMILES string of the molecule is Cc1cc(C(O)c2ccc(F)c(Cl)c2)cs1. The molecule has 16 heavy (non-hydrogen) atoms. The zero-order valence-electron chi connectivity index (χ0n) is 8.58. The van der Waals surface area contributed by atoms with Crippen LogP contribution in [0.5, 0.6) is 0 Å². The van der Waals surface area contributed by atoms with Crippen LogP contribution in [-0.4, -0.2) is 5.11 Å². The molecule has 0 aliphatic rings. The Labute approximate surface area is 102 Å². The molecule has 1 aromatic heterocycles. The maximum atomic E-state index is 13.0. The molecule has 2 aromatic rings. The van der Waals surface area contributed by atoms with Crippen molar-refractivity contribution in [3.63, 3.8) is 0 Å². The summed E-state index contributed by atoms with van der Waals surface area (Å²) in [5, 5.41) is 12.0. The number of aliphatic hydroxyl groups is 1. The Hall–Kier alpha value is -0.900. The van der Waals surface area contributed by atoms with Gasteiger partial charge in [0.15, 0.2) is 0 Å². The largest absolute Gasteiger partial charge is 0.384 e. The Kier molecular flexibility index (Phi) is 3.28. The number of halogens is 2. The summed E-state index contributed by atoms with van der Waals surface area (Å²) in [6.45, 7) is 1.97. The second-order valence-electron chi connectivity index (χ2n) is 3.57. The summed E-state index contributed by atoms with van der Waals surface area (Å²) in [4.78, 5) is 1.13. The second-order valence-corrected chi connectivity index (χ2v) is 5.09. The minimum Gasteiger partial charge on any atom is -0.384 e. The fourth-order valence-electron chi connectivity index (χ4n) is 1.48. The molecule has 0 spiro atoms. The zero-order valence-corrected chi connectivity index (χ0v) is 10.1. The number of aryl methyl sites for hydroxylation is 1. The van der Waals surface area contributed by atoms with Gasteiger partial charge in [0.25, 0.3) is 0 Å². The normalized spacial score (nSPS) is 12.8. The third-order valence-corrected chi connectivity index (χ3v) is 3.50. The molecule has 0 aliphatic carbocycles. The molecule has 1 atom stereocenters. The van der Waals surface area contributed by atoms with E-state index < -0.39 is 11.9 Å². The summed E-state index contributed by atoms with van der Waals surface area (Å²) in [6.07, 6.45) is -0.747. The highest BCUT2D eigenvalue weighted by atomic mass is 35.5. The topological polar surface area (TPSA) is 20.2 Å². The van der Waals surface area contributed by atoms with Gasteiger partial charge in [-0.25, -0.2) is 4.39 Å². The molecule has 0 amide bonds. The summed E-state index contributed by atoms with van der Waals surface area (Å²) in [5.74, 6) is -0.473. The van der Waals surface area contributed by atoms with Crippen LogP contribution >= 0.6 is 22.9 Å². The molecule has 0 fully saturated rings. The van der Waals surface area contributed by atoms with Crippen molar-refractivity contribution in [1.29, 1.82) is 0 Å². The quantitative estimate of drug-likeness (QED) is 0.863. The van der Waals surface area contributed by atoms with Crippen LogP contribution in [0.3, 0.4) is 0 Å². The van der Waals surface area contributed by atoms with Crippen LogP contribution in [0, 0.1) is 12.7 Å². The van der Waals surface area contributed by atoms with E-state index in [0.29, 0.717) is 5.56 Å². The van der Waals surface area contributed by atoms with Crippen molar-refractivity contribution in [2.24, 2.45) is 0 Å². The van der Waals surface area contributed by atoms with Crippen LogP contribution in [-0.2, 0) is 0 Å². The van der Waals surface area contributed by atoms with Gasteiger partial charge in [0.2, 0.25) is 0 Å². The van der Waals surface area contributed by atoms with Crippen molar-refractivity contribution < 1.29 is 9.50 Å². The van der Waals surface area contributed by atoms with Crippen LogP contribution in [0.4, 0.5) is 4.39 Å². The highest BCUT2D eigenvalue weighted by Crippen LogP contribution is 2.28. The van der Waals surface area contributed by atoms with Crippen molar-refractivity contribution in [3.05, 3.63) is 56.5 Å². The van der Waals surface area contributed by atoms with Gasteiger partial charge in [-0.05, 0) is 41.6 Å². The van der Waals surface area contributed by atoms with E-state index in [2.05, 4.69) is 0 Å². The molecule has 4 heteroatoms. The number of rotatable bonds is 2. The highest BCUT2D eigenvalue weighted by molar-refractivity contribution is 7.10. The van der Waals surface area contributed by atoms with Crippen molar-refractivity contribution in [2.45, 2.75) is 13.0 Å². The van der Waals surface area contributed by atoms with E-state index in [4.69, 9.17) is 11.6 Å². The van der Waals surface area contributed by atoms with E-state index >= 15 is 0 Å². The average molecular weight is 257 g/mol. The van der Waals surface area contributed by atoms with Crippen LogP contribution in [0.15, 0.2) is 29.6 Å². The maximum absolute atomic E-state index is 13.0. The Balaban J connectivity index is 2.33. The lowest BCUT2D eigenvalue weighted by molar-refractivity contribution is 0.220. The van der Waals surface area contributed by atoms with E-state index in [1.54, 1.807) is 17.4 Å². The van der Waals surface area contributed by atoms with E-state index in [0.717, 1.165) is 10.4 Å². The summed E-state index contributed by atoms with van der Waals surface area (Å²) >= 11 is 7.23. The number of aliphatic hydroxyl groups excluding tert-OH is 1. The van der Waals surface area contributed by atoms with Gasteiger partial charge in [-0.1, -0.05) is 17.7 Å². The maximum Gasteiger partial charge on any atom is 0.141 e. The molecule has 0 saturated carbocycles. The predicted molar refractivity (Wildman–Crippen MR) is 64.5 cm³/mol. The number of thiophene rings is 1. The standard InChI is InChI=1S/C12H10ClFOS/c1-7-4-9(6-16-7)12(15)8-2-3-11(14)10(13)5-8/h2-6,12,15H,1H3. The number of hydrogen-bond donors (Lipinski definition) is 1. The van der Waals surface area contributed by atoms with Crippen molar-refractivity contribution in [2.75, 3.05) is 0 Å². The molecular weight excluding hydrogens is 247 g/mol. The molecule has 1 nitrogen and oxygen atoms in total. The number of hydrogen-bond acceptors (Lipinski definition) is 2. The average Bonchev–Trinajstić information content (AvgIpc) is 2.68. The van der Waals surface area contributed by atoms with Crippen LogP contribution in [0.1, 0.15) is 22.1 Å². The molecule has 2 rings (SSSR count). The second kappa shape index (κ2) is 4.53. The third kappa shape index (κ3) is 2.26. The Bertz CT molecular complexity index is 509. The fourth-order valence-corrected chi connectivity index (χ4v) is 2.39.